The molecule has 8 heteroatoms. The van der Waals surface area contributed by atoms with Gasteiger partial charge in [0, 0.05) is 18.1 Å². The fourth-order valence-corrected chi connectivity index (χ4v) is 2.97. The Morgan fingerprint density at radius 3 is 2.42 bits per heavy atom. The maximum atomic E-state index is 12.9. The number of aryl methyl sites for hydroxylation is 1. The Balaban J connectivity index is 1.65. The molecule has 0 bridgehead atoms. The van der Waals surface area contributed by atoms with Crippen LogP contribution in [0.5, 0.6) is 0 Å². The van der Waals surface area contributed by atoms with Gasteiger partial charge in [-0.2, -0.15) is 5.10 Å². The standard InChI is InChI=1S/C16H13FN4O2S/c1-21-12(8-9-18-21)15(22)19-20-16(23)14-7-6-13(24-14)10-2-4-11(17)5-3-10/h2-9H,1H3,(H,19,22)(H,20,23). The number of rotatable bonds is 3. The number of halogens is 1. The molecule has 0 radical (unpaired) electrons. The van der Waals surface area contributed by atoms with Crippen LogP contribution in [0.3, 0.4) is 0 Å². The molecule has 2 heterocycles. The molecule has 2 aromatic heterocycles. The van der Waals surface area contributed by atoms with Crippen LogP contribution in [-0.2, 0) is 7.05 Å². The summed E-state index contributed by atoms with van der Waals surface area (Å²) in [4.78, 5) is 25.3. The number of hydrogen-bond acceptors (Lipinski definition) is 4. The Morgan fingerprint density at radius 2 is 1.75 bits per heavy atom. The lowest BCUT2D eigenvalue weighted by Gasteiger charge is -2.06. The van der Waals surface area contributed by atoms with E-state index in [0.717, 1.165) is 10.4 Å². The third kappa shape index (κ3) is 3.33. The molecule has 3 rings (SSSR count). The highest BCUT2D eigenvalue weighted by Gasteiger charge is 2.13. The molecule has 2 N–H and O–H groups in total. The topological polar surface area (TPSA) is 76.0 Å². The summed E-state index contributed by atoms with van der Waals surface area (Å²) in [6, 6.07) is 11.0. The number of carbonyl (C=O) groups excluding carboxylic acids is 2. The predicted molar refractivity (Wildman–Crippen MR) is 87.9 cm³/mol. The molecule has 24 heavy (non-hydrogen) atoms. The number of hydrazine groups is 1. The van der Waals surface area contributed by atoms with Gasteiger partial charge in [0.2, 0.25) is 0 Å². The van der Waals surface area contributed by atoms with Gasteiger partial charge in [-0.1, -0.05) is 12.1 Å². The molecule has 0 fully saturated rings. The van der Waals surface area contributed by atoms with Crippen molar-refractivity contribution >= 4 is 23.2 Å². The molecule has 0 spiro atoms. The number of nitrogens with zero attached hydrogens (tertiary/aromatic N) is 2. The van der Waals surface area contributed by atoms with Crippen LogP contribution in [0, 0.1) is 5.82 Å². The molecule has 122 valence electrons. The molecule has 0 aliphatic rings. The van der Waals surface area contributed by atoms with Crippen LogP contribution in [0.15, 0.2) is 48.7 Å². The minimum atomic E-state index is -0.460. The van der Waals surface area contributed by atoms with Crippen molar-refractivity contribution in [2.45, 2.75) is 0 Å². The average Bonchev–Trinajstić information content (AvgIpc) is 3.22. The summed E-state index contributed by atoms with van der Waals surface area (Å²) in [5, 5.41) is 3.88. The zero-order valence-electron chi connectivity index (χ0n) is 12.6. The second-order valence-corrected chi connectivity index (χ2v) is 6.00. The van der Waals surface area contributed by atoms with Gasteiger partial charge in [-0.15, -0.1) is 11.3 Å². The van der Waals surface area contributed by atoms with Crippen LogP contribution in [-0.4, -0.2) is 21.6 Å². The van der Waals surface area contributed by atoms with Gasteiger partial charge in [0.05, 0.1) is 4.88 Å². The van der Waals surface area contributed by atoms with Crippen LogP contribution >= 0.6 is 11.3 Å². The minimum absolute atomic E-state index is 0.314. The maximum absolute atomic E-state index is 12.9. The molecular weight excluding hydrogens is 331 g/mol. The molecule has 0 unspecified atom stereocenters. The molecule has 1 aromatic carbocycles. The van der Waals surface area contributed by atoms with Crippen LogP contribution in [0.1, 0.15) is 20.2 Å². The molecule has 3 aromatic rings. The van der Waals surface area contributed by atoms with E-state index in [1.165, 1.54) is 34.3 Å². The zero-order valence-corrected chi connectivity index (χ0v) is 13.4. The van der Waals surface area contributed by atoms with E-state index in [9.17, 15) is 14.0 Å². The highest BCUT2D eigenvalue weighted by Crippen LogP contribution is 2.28. The van der Waals surface area contributed by atoms with E-state index in [4.69, 9.17) is 0 Å². The van der Waals surface area contributed by atoms with Crippen molar-refractivity contribution in [2.24, 2.45) is 7.05 Å². The largest absolute Gasteiger partial charge is 0.287 e. The first-order chi connectivity index (χ1) is 11.5. The first-order valence-corrected chi connectivity index (χ1v) is 7.81. The number of amides is 2. The summed E-state index contributed by atoms with van der Waals surface area (Å²) < 4.78 is 14.4. The van der Waals surface area contributed by atoms with E-state index < -0.39 is 11.8 Å². The number of nitrogens with one attached hydrogen (secondary N) is 2. The van der Waals surface area contributed by atoms with Gasteiger partial charge in [-0.05, 0) is 35.9 Å². The fourth-order valence-electron chi connectivity index (χ4n) is 2.07. The third-order valence-electron chi connectivity index (χ3n) is 3.30. The summed E-state index contributed by atoms with van der Waals surface area (Å²) >= 11 is 1.25. The van der Waals surface area contributed by atoms with Crippen molar-refractivity contribution in [2.75, 3.05) is 0 Å². The molecule has 0 saturated carbocycles. The molecule has 6 nitrogen and oxygen atoms in total. The van der Waals surface area contributed by atoms with Gasteiger partial charge in [-0.25, -0.2) is 4.39 Å². The van der Waals surface area contributed by atoms with Gasteiger partial charge in [0.1, 0.15) is 11.5 Å². The van der Waals surface area contributed by atoms with Crippen molar-refractivity contribution in [3.05, 3.63) is 65.0 Å². The first kappa shape index (κ1) is 15.9. The second kappa shape index (κ2) is 6.63. The zero-order chi connectivity index (χ0) is 17.1. The Hall–Kier alpha value is -3.00. The van der Waals surface area contributed by atoms with E-state index in [0.29, 0.717) is 10.6 Å². The summed E-state index contributed by atoms with van der Waals surface area (Å²) in [7, 11) is 1.63. The van der Waals surface area contributed by atoms with Crippen molar-refractivity contribution in [3.8, 4) is 10.4 Å². The van der Waals surface area contributed by atoms with E-state index in [1.54, 1.807) is 37.4 Å². The summed E-state index contributed by atoms with van der Waals surface area (Å²) in [5.41, 5.74) is 5.84. The van der Waals surface area contributed by atoms with E-state index >= 15 is 0 Å². The van der Waals surface area contributed by atoms with Crippen molar-refractivity contribution < 1.29 is 14.0 Å². The van der Waals surface area contributed by atoms with Crippen molar-refractivity contribution in [1.29, 1.82) is 0 Å². The second-order valence-electron chi connectivity index (χ2n) is 4.92. The number of carbonyl (C=O) groups is 2. The Bertz CT molecular complexity index is 886. The summed E-state index contributed by atoms with van der Waals surface area (Å²) in [6.07, 6.45) is 1.49. The van der Waals surface area contributed by atoms with Crippen LogP contribution < -0.4 is 10.9 Å². The average molecular weight is 344 g/mol. The van der Waals surface area contributed by atoms with E-state index in [-0.39, 0.29) is 5.82 Å². The van der Waals surface area contributed by atoms with Gasteiger partial charge in [-0.3, -0.25) is 25.1 Å². The minimum Gasteiger partial charge on any atom is -0.266 e. The molecular formula is C16H13FN4O2S. The van der Waals surface area contributed by atoms with Gasteiger partial charge >= 0.3 is 0 Å². The summed E-state index contributed by atoms with van der Waals surface area (Å²) in [5.74, 6) is -1.20. The molecule has 0 atom stereocenters. The van der Waals surface area contributed by atoms with E-state index in [1.807, 2.05) is 0 Å². The van der Waals surface area contributed by atoms with Crippen LogP contribution in [0.25, 0.3) is 10.4 Å². The van der Waals surface area contributed by atoms with Crippen molar-refractivity contribution in [1.82, 2.24) is 20.6 Å². The third-order valence-corrected chi connectivity index (χ3v) is 4.43. The smallest absolute Gasteiger partial charge is 0.266 e. The highest BCUT2D eigenvalue weighted by atomic mass is 32.1. The highest BCUT2D eigenvalue weighted by molar-refractivity contribution is 7.17. The molecule has 0 aliphatic carbocycles. The fraction of sp³-hybridized carbons (Fsp3) is 0.0625. The lowest BCUT2D eigenvalue weighted by molar-refractivity contribution is 0.0843. The van der Waals surface area contributed by atoms with Gasteiger partial charge in [0.25, 0.3) is 11.8 Å². The van der Waals surface area contributed by atoms with Gasteiger partial charge in [0.15, 0.2) is 0 Å². The van der Waals surface area contributed by atoms with Crippen LogP contribution in [0.4, 0.5) is 4.39 Å². The number of aromatic nitrogens is 2. The predicted octanol–water partition coefficient (Wildman–Crippen LogP) is 2.36. The van der Waals surface area contributed by atoms with Crippen LogP contribution in [0.2, 0.25) is 0 Å². The summed E-state index contributed by atoms with van der Waals surface area (Å²) in [6.45, 7) is 0. The number of benzene rings is 1. The molecule has 0 saturated heterocycles. The Labute approximate surface area is 140 Å². The lowest BCUT2D eigenvalue weighted by atomic mass is 10.2. The number of thiophene rings is 1. The Kier molecular flexibility index (Phi) is 4.39. The molecule has 0 aliphatic heterocycles. The first-order valence-electron chi connectivity index (χ1n) is 6.99. The van der Waals surface area contributed by atoms with Gasteiger partial charge < -0.3 is 0 Å². The lowest BCUT2D eigenvalue weighted by Crippen LogP contribution is -2.42. The number of hydrogen-bond donors (Lipinski definition) is 2. The SMILES string of the molecule is Cn1nccc1C(=O)NNC(=O)c1ccc(-c2ccc(F)cc2)s1. The van der Waals surface area contributed by atoms with Crippen molar-refractivity contribution in [3.63, 3.8) is 0 Å². The Morgan fingerprint density at radius 1 is 1.04 bits per heavy atom. The quantitative estimate of drug-likeness (QED) is 0.716. The van der Waals surface area contributed by atoms with E-state index in [2.05, 4.69) is 16.0 Å². The molecule has 2 amide bonds. The normalized spacial score (nSPS) is 10.4. The maximum Gasteiger partial charge on any atom is 0.287 e. The monoisotopic (exact) mass is 344 g/mol.